The molecule has 1 aromatic heterocycles. The number of hydrogen-bond acceptors (Lipinski definition) is 4. The molecule has 0 aliphatic carbocycles. The van der Waals surface area contributed by atoms with Crippen LogP contribution in [0.2, 0.25) is 0 Å². The SMILES string of the molecule is CC(O)c1nc2c(s1)CN(c1ccccc1)CC2. The van der Waals surface area contributed by atoms with Crippen LogP contribution in [-0.4, -0.2) is 16.6 Å². The molecule has 1 aromatic carbocycles. The molecule has 0 radical (unpaired) electrons. The minimum atomic E-state index is -0.453. The van der Waals surface area contributed by atoms with Crippen molar-refractivity contribution in [1.29, 1.82) is 0 Å². The van der Waals surface area contributed by atoms with Gasteiger partial charge in [-0.25, -0.2) is 4.98 Å². The molecule has 0 saturated heterocycles. The number of aliphatic hydroxyl groups excluding tert-OH is 1. The predicted molar refractivity (Wildman–Crippen MR) is 73.9 cm³/mol. The van der Waals surface area contributed by atoms with Gasteiger partial charge in [-0.1, -0.05) is 18.2 Å². The number of aliphatic hydroxyl groups is 1. The molecule has 0 fully saturated rings. The molecule has 0 spiro atoms. The van der Waals surface area contributed by atoms with E-state index in [0.717, 1.165) is 24.5 Å². The number of anilines is 1. The lowest BCUT2D eigenvalue weighted by molar-refractivity contribution is 0.198. The highest BCUT2D eigenvalue weighted by molar-refractivity contribution is 7.11. The van der Waals surface area contributed by atoms with Gasteiger partial charge in [0.1, 0.15) is 11.1 Å². The summed E-state index contributed by atoms with van der Waals surface area (Å²) in [5.41, 5.74) is 2.43. The zero-order valence-corrected chi connectivity index (χ0v) is 11.2. The van der Waals surface area contributed by atoms with E-state index < -0.39 is 6.10 Å². The second-order valence-corrected chi connectivity index (χ2v) is 5.72. The maximum atomic E-state index is 9.59. The lowest BCUT2D eigenvalue weighted by Crippen LogP contribution is -2.29. The van der Waals surface area contributed by atoms with E-state index in [0.29, 0.717) is 0 Å². The van der Waals surface area contributed by atoms with Crippen LogP contribution in [0.3, 0.4) is 0 Å². The molecule has 18 heavy (non-hydrogen) atoms. The third-order valence-electron chi connectivity index (χ3n) is 3.23. The van der Waals surface area contributed by atoms with E-state index in [1.54, 1.807) is 18.3 Å². The standard InChI is InChI=1S/C14H16N2OS/c1-10(17)14-15-12-7-8-16(9-13(12)18-14)11-5-3-2-4-6-11/h2-6,10,17H,7-9H2,1H3. The van der Waals surface area contributed by atoms with E-state index in [2.05, 4.69) is 34.1 Å². The first-order chi connectivity index (χ1) is 8.74. The Morgan fingerprint density at radius 2 is 2.11 bits per heavy atom. The number of rotatable bonds is 2. The third kappa shape index (κ3) is 2.13. The first kappa shape index (κ1) is 11.7. The largest absolute Gasteiger partial charge is 0.386 e. The predicted octanol–water partition coefficient (Wildman–Crippen LogP) is 2.76. The van der Waals surface area contributed by atoms with Gasteiger partial charge in [0.15, 0.2) is 0 Å². The maximum absolute atomic E-state index is 9.59. The van der Waals surface area contributed by atoms with Gasteiger partial charge >= 0.3 is 0 Å². The zero-order chi connectivity index (χ0) is 12.5. The number of para-hydroxylation sites is 1. The normalized spacial score (nSPS) is 16.4. The number of thiazole rings is 1. The van der Waals surface area contributed by atoms with Crippen LogP contribution >= 0.6 is 11.3 Å². The Hall–Kier alpha value is -1.39. The fraction of sp³-hybridized carbons (Fsp3) is 0.357. The minimum absolute atomic E-state index is 0.453. The van der Waals surface area contributed by atoms with Crippen molar-refractivity contribution < 1.29 is 5.11 Å². The third-order valence-corrected chi connectivity index (χ3v) is 4.48. The van der Waals surface area contributed by atoms with E-state index in [1.807, 2.05) is 6.07 Å². The molecule has 1 atom stereocenters. The van der Waals surface area contributed by atoms with Crippen molar-refractivity contribution in [2.45, 2.75) is 26.0 Å². The number of hydrogen-bond donors (Lipinski definition) is 1. The highest BCUT2D eigenvalue weighted by atomic mass is 32.1. The van der Waals surface area contributed by atoms with Crippen LogP contribution in [0.15, 0.2) is 30.3 Å². The molecule has 3 nitrogen and oxygen atoms in total. The van der Waals surface area contributed by atoms with Crippen molar-refractivity contribution in [3.63, 3.8) is 0 Å². The van der Waals surface area contributed by atoms with Crippen molar-refractivity contribution in [3.05, 3.63) is 45.9 Å². The Balaban J connectivity index is 1.85. The Labute approximate surface area is 111 Å². The summed E-state index contributed by atoms with van der Waals surface area (Å²) in [5.74, 6) is 0. The molecule has 1 aliphatic heterocycles. The molecular weight excluding hydrogens is 244 g/mol. The number of nitrogens with zero attached hydrogens (tertiary/aromatic N) is 2. The molecule has 3 rings (SSSR count). The van der Waals surface area contributed by atoms with E-state index in [9.17, 15) is 5.11 Å². The lowest BCUT2D eigenvalue weighted by atomic mass is 10.1. The van der Waals surface area contributed by atoms with Crippen LogP contribution < -0.4 is 4.90 Å². The van der Waals surface area contributed by atoms with Crippen LogP contribution in [0.4, 0.5) is 5.69 Å². The summed E-state index contributed by atoms with van der Waals surface area (Å²) in [5, 5.41) is 10.4. The van der Waals surface area contributed by atoms with Gasteiger partial charge in [-0.05, 0) is 19.1 Å². The van der Waals surface area contributed by atoms with Crippen molar-refractivity contribution in [2.75, 3.05) is 11.4 Å². The summed E-state index contributed by atoms with van der Waals surface area (Å²) in [7, 11) is 0. The molecule has 94 valence electrons. The van der Waals surface area contributed by atoms with Gasteiger partial charge in [-0.2, -0.15) is 0 Å². The topological polar surface area (TPSA) is 36.4 Å². The Morgan fingerprint density at radius 1 is 1.33 bits per heavy atom. The van der Waals surface area contributed by atoms with Gasteiger partial charge in [-0.15, -0.1) is 11.3 Å². The van der Waals surface area contributed by atoms with E-state index in [4.69, 9.17) is 0 Å². The molecule has 2 heterocycles. The van der Waals surface area contributed by atoms with Crippen molar-refractivity contribution >= 4 is 17.0 Å². The lowest BCUT2D eigenvalue weighted by Gasteiger charge is -2.28. The second kappa shape index (κ2) is 4.71. The van der Waals surface area contributed by atoms with Crippen molar-refractivity contribution in [1.82, 2.24) is 4.98 Å². The molecular formula is C14H16N2OS. The first-order valence-corrected chi connectivity index (χ1v) is 7.02. The molecule has 2 aromatic rings. The van der Waals surface area contributed by atoms with Gasteiger partial charge in [0.05, 0.1) is 12.2 Å². The Kier molecular flexibility index (Phi) is 3.06. The average molecular weight is 260 g/mol. The monoisotopic (exact) mass is 260 g/mol. The average Bonchev–Trinajstić information content (AvgIpc) is 2.82. The smallest absolute Gasteiger partial charge is 0.122 e. The molecule has 4 heteroatoms. The summed E-state index contributed by atoms with van der Waals surface area (Å²) in [6.07, 6.45) is 0.513. The Bertz CT molecular complexity index is 536. The molecule has 1 aliphatic rings. The van der Waals surface area contributed by atoms with Crippen LogP contribution in [0.5, 0.6) is 0 Å². The van der Waals surface area contributed by atoms with E-state index >= 15 is 0 Å². The Morgan fingerprint density at radius 3 is 2.83 bits per heavy atom. The fourth-order valence-electron chi connectivity index (χ4n) is 2.25. The summed E-state index contributed by atoms with van der Waals surface area (Å²) in [6, 6.07) is 10.5. The molecule has 0 bridgehead atoms. The number of fused-ring (bicyclic) bond motifs is 1. The first-order valence-electron chi connectivity index (χ1n) is 6.20. The maximum Gasteiger partial charge on any atom is 0.122 e. The van der Waals surface area contributed by atoms with E-state index in [-0.39, 0.29) is 0 Å². The zero-order valence-electron chi connectivity index (χ0n) is 10.3. The number of benzene rings is 1. The van der Waals surface area contributed by atoms with Gasteiger partial charge in [0.2, 0.25) is 0 Å². The summed E-state index contributed by atoms with van der Waals surface area (Å²) < 4.78 is 0. The van der Waals surface area contributed by atoms with Crippen LogP contribution in [-0.2, 0) is 13.0 Å². The summed E-state index contributed by atoms with van der Waals surface area (Å²) in [4.78, 5) is 8.18. The van der Waals surface area contributed by atoms with Gasteiger partial charge in [-0.3, -0.25) is 0 Å². The molecule has 0 saturated carbocycles. The molecule has 1 N–H and O–H groups in total. The van der Waals surface area contributed by atoms with Crippen LogP contribution in [0.1, 0.15) is 28.6 Å². The molecule has 1 unspecified atom stereocenters. The fourth-order valence-corrected chi connectivity index (χ4v) is 3.32. The molecule has 0 amide bonds. The number of aromatic nitrogens is 1. The van der Waals surface area contributed by atoms with Gasteiger partial charge in [0, 0.05) is 23.5 Å². The second-order valence-electron chi connectivity index (χ2n) is 4.61. The quantitative estimate of drug-likeness (QED) is 0.902. The van der Waals surface area contributed by atoms with Crippen molar-refractivity contribution in [2.24, 2.45) is 0 Å². The van der Waals surface area contributed by atoms with Gasteiger partial charge in [0.25, 0.3) is 0 Å². The highest BCUT2D eigenvalue weighted by Crippen LogP contribution is 2.30. The summed E-state index contributed by atoms with van der Waals surface area (Å²) >= 11 is 1.64. The van der Waals surface area contributed by atoms with E-state index in [1.165, 1.54) is 16.3 Å². The summed E-state index contributed by atoms with van der Waals surface area (Å²) in [6.45, 7) is 3.68. The minimum Gasteiger partial charge on any atom is -0.386 e. The van der Waals surface area contributed by atoms with Crippen LogP contribution in [0, 0.1) is 0 Å². The van der Waals surface area contributed by atoms with Gasteiger partial charge < -0.3 is 10.0 Å². The van der Waals surface area contributed by atoms with Crippen LogP contribution in [0.25, 0.3) is 0 Å². The van der Waals surface area contributed by atoms with Crippen molar-refractivity contribution in [3.8, 4) is 0 Å². The highest BCUT2D eigenvalue weighted by Gasteiger charge is 2.21.